The highest BCUT2D eigenvalue weighted by Gasteiger charge is 2.31. The summed E-state index contributed by atoms with van der Waals surface area (Å²) in [6.45, 7) is 0.116. The minimum Gasteiger partial charge on any atom is -0.487 e. The van der Waals surface area contributed by atoms with Crippen LogP contribution in [0.15, 0.2) is 60.8 Å². The molecule has 3 rings (SSSR count). The number of aromatic nitrogens is 1. The predicted octanol–water partition coefficient (Wildman–Crippen LogP) is 4.71. The summed E-state index contributed by atoms with van der Waals surface area (Å²) in [6.07, 6.45) is -3.05. The van der Waals surface area contributed by atoms with Crippen LogP contribution in [-0.4, -0.2) is 11.3 Å². The van der Waals surface area contributed by atoms with Crippen LogP contribution in [0.3, 0.4) is 0 Å². The number of ether oxygens (including phenoxy) is 2. The van der Waals surface area contributed by atoms with Crippen LogP contribution in [-0.2, 0) is 6.61 Å². The van der Waals surface area contributed by atoms with Gasteiger partial charge in [0.2, 0.25) is 0 Å². The van der Waals surface area contributed by atoms with Crippen molar-refractivity contribution < 1.29 is 22.6 Å². The summed E-state index contributed by atoms with van der Waals surface area (Å²) < 4.78 is 46.3. The van der Waals surface area contributed by atoms with Crippen LogP contribution in [0.4, 0.5) is 13.2 Å². The van der Waals surface area contributed by atoms with E-state index in [1.54, 1.807) is 18.3 Å². The maximum absolute atomic E-state index is 12.2. The summed E-state index contributed by atoms with van der Waals surface area (Å²) in [5, 5.41) is 0.930. The molecule has 0 aliphatic rings. The third kappa shape index (κ3) is 3.91. The van der Waals surface area contributed by atoms with Gasteiger partial charge < -0.3 is 9.47 Å². The zero-order chi connectivity index (χ0) is 16.3. The topological polar surface area (TPSA) is 31.4 Å². The third-order valence-corrected chi connectivity index (χ3v) is 3.12. The first-order valence-electron chi connectivity index (χ1n) is 6.82. The van der Waals surface area contributed by atoms with Gasteiger partial charge in [0, 0.05) is 11.6 Å². The number of fused-ring (bicyclic) bond motifs is 1. The van der Waals surface area contributed by atoms with Crippen LogP contribution in [0.2, 0.25) is 0 Å². The molecule has 0 atom stereocenters. The van der Waals surface area contributed by atoms with Gasteiger partial charge in [-0.25, -0.2) is 0 Å². The Bertz CT molecular complexity index is 813. The minimum atomic E-state index is -4.71. The van der Waals surface area contributed by atoms with Crippen molar-refractivity contribution in [2.45, 2.75) is 13.0 Å². The van der Waals surface area contributed by atoms with Crippen LogP contribution in [0, 0.1) is 0 Å². The molecule has 0 N–H and O–H groups in total. The summed E-state index contributed by atoms with van der Waals surface area (Å²) in [5.41, 5.74) is 1.28. The van der Waals surface area contributed by atoms with Crippen LogP contribution in [0.25, 0.3) is 10.9 Å². The minimum absolute atomic E-state index is 0.116. The maximum atomic E-state index is 12.2. The van der Waals surface area contributed by atoms with Crippen LogP contribution in [0.5, 0.6) is 11.5 Å². The largest absolute Gasteiger partial charge is 0.573 e. The van der Waals surface area contributed by atoms with Gasteiger partial charge in [-0.2, -0.15) is 0 Å². The van der Waals surface area contributed by atoms with Gasteiger partial charge in [-0.1, -0.05) is 30.3 Å². The number of pyridine rings is 1. The summed E-state index contributed by atoms with van der Waals surface area (Å²) in [7, 11) is 0. The molecule has 2 aromatic carbocycles. The second kappa shape index (κ2) is 6.16. The Kier molecular flexibility index (Phi) is 4.06. The fraction of sp³-hybridized carbons (Fsp3) is 0.118. The van der Waals surface area contributed by atoms with Gasteiger partial charge in [0.05, 0.1) is 0 Å². The lowest BCUT2D eigenvalue weighted by Gasteiger charge is -2.11. The van der Waals surface area contributed by atoms with Crippen molar-refractivity contribution in [3.63, 3.8) is 0 Å². The lowest BCUT2D eigenvalue weighted by atomic mass is 10.2. The van der Waals surface area contributed by atoms with E-state index in [2.05, 4.69) is 9.72 Å². The number of para-hydroxylation sites is 1. The van der Waals surface area contributed by atoms with E-state index in [0.29, 0.717) is 16.8 Å². The highest BCUT2D eigenvalue weighted by molar-refractivity contribution is 5.84. The molecule has 0 unspecified atom stereocenters. The van der Waals surface area contributed by atoms with E-state index >= 15 is 0 Å². The molecule has 3 aromatic rings. The Morgan fingerprint density at radius 1 is 0.957 bits per heavy atom. The monoisotopic (exact) mass is 319 g/mol. The summed E-state index contributed by atoms with van der Waals surface area (Å²) in [4.78, 5) is 4.26. The van der Waals surface area contributed by atoms with Gasteiger partial charge >= 0.3 is 6.36 Å². The molecule has 0 spiro atoms. The van der Waals surface area contributed by atoms with E-state index in [0.717, 1.165) is 5.39 Å². The van der Waals surface area contributed by atoms with Crippen LogP contribution < -0.4 is 9.47 Å². The highest BCUT2D eigenvalue weighted by atomic mass is 19.4. The molecule has 0 aliphatic carbocycles. The lowest BCUT2D eigenvalue weighted by molar-refractivity contribution is -0.274. The van der Waals surface area contributed by atoms with E-state index in [4.69, 9.17) is 4.74 Å². The van der Waals surface area contributed by atoms with E-state index in [9.17, 15) is 13.2 Å². The average Bonchev–Trinajstić information content (AvgIpc) is 2.51. The van der Waals surface area contributed by atoms with Gasteiger partial charge in [-0.3, -0.25) is 4.98 Å². The molecular formula is C17H12F3NO2. The quantitative estimate of drug-likeness (QED) is 0.698. The smallest absolute Gasteiger partial charge is 0.487 e. The summed E-state index contributed by atoms with van der Waals surface area (Å²) in [6, 6.07) is 14.9. The van der Waals surface area contributed by atoms with E-state index < -0.39 is 6.36 Å². The summed E-state index contributed by atoms with van der Waals surface area (Å²) >= 11 is 0. The van der Waals surface area contributed by atoms with Gasteiger partial charge in [0.15, 0.2) is 0 Å². The highest BCUT2D eigenvalue weighted by Crippen LogP contribution is 2.26. The fourth-order valence-electron chi connectivity index (χ4n) is 2.19. The van der Waals surface area contributed by atoms with Gasteiger partial charge in [-0.15, -0.1) is 13.2 Å². The number of benzene rings is 2. The first-order valence-corrected chi connectivity index (χ1v) is 6.82. The molecule has 0 radical (unpaired) electrons. The van der Waals surface area contributed by atoms with E-state index in [1.807, 2.05) is 24.3 Å². The van der Waals surface area contributed by atoms with Crippen LogP contribution >= 0.6 is 0 Å². The molecule has 0 aliphatic heterocycles. The molecule has 6 heteroatoms. The number of alkyl halides is 3. The Hall–Kier alpha value is -2.76. The fourth-order valence-corrected chi connectivity index (χ4v) is 2.19. The molecule has 3 nitrogen and oxygen atoms in total. The maximum Gasteiger partial charge on any atom is 0.573 e. The van der Waals surface area contributed by atoms with Crippen LogP contribution in [0.1, 0.15) is 5.56 Å². The number of nitrogens with zero attached hydrogens (tertiary/aromatic N) is 1. The molecule has 118 valence electrons. The molecule has 1 aromatic heterocycles. The Balaban J connectivity index is 1.76. The Labute approximate surface area is 130 Å². The van der Waals surface area contributed by atoms with E-state index in [1.165, 1.54) is 18.2 Å². The molecule has 1 heterocycles. The lowest BCUT2D eigenvalue weighted by Crippen LogP contribution is -2.17. The zero-order valence-corrected chi connectivity index (χ0v) is 11.9. The van der Waals surface area contributed by atoms with Crippen molar-refractivity contribution in [1.29, 1.82) is 0 Å². The number of rotatable bonds is 4. The number of hydrogen-bond acceptors (Lipinski definition) is 3. The average molecular weight is 319 g/mol. The van der Waals surface area contributed by atoms with Crippen molar-refractivity contribution in [2.75, 3.05) is 0 Å². The SMILES string of the molecule is FC(F)(F)Oc1cccc(COc2cccc3cccnc23)c1. The first-order chi connectivity index (χ1) is 11.0. The molecule has 0 saturated heterocycles. The third-order valence-electron chi connectivity index (χ3n) is 3.12. The summed E-state index contributed by atoms with van der Waals surface area (Å²) in [5.74, 6) is 0.305. The second-order valence-electron chi connectivity index (χ2n) is 4.82. The zero-order valence-electron chi connectivity index (χ0n) is 11.9. The van der Waals surface area contributed by atoms with Crippen molar-refractivity contribution in [3.8, 4) is 11.5 Å². The second-order valence-corrected chi connectivity index (χ2v) is 4.82. The number of hydrogen-bond donors (Lipinski definition) is 0. The predicted molar refractivity (Wildman–Crippen MR) is 79.2 cm³/mol. The molecule has 0 bridgehead atoms. The molecule has 23 heavy (non-hydrogen) atoms. The Morgan fingerprint density at radius 3 is 2.57 bits per heavy atom. The van der Waals surface area contributed by atoms with Gasteiger partial charge in [-0.05, 0) is 29.8 Å². The van der Waals surface area contributed by atoms with Crippen molar-refractivity contribution in [1.82, 2.24) is 4.98 Å². The van der Waals surface area contributed by atoms with Crippen molar-refractivity contribution in [3.05, 3.63) is 66.4 Å². The van der Waals surface area contributed by atoms with Gasteiger partial charge in [0.1, 0.15) is 23.6 Å². The number of halogens is 3. The van der Waals surface area contributed by atoms with Crippen molar-refractivity contribution >= 4 is 10.9 Å². The van der Waals surface area contributed by atoms with Crippen molar-refractivity contribution in [2.24, 2.45) is 0 Å². The van der Waals surface area contributed by atoms with Gasteiger partial charge in [0.25, 0.3) is 0 Å². The normalized spacial score (nSPS) is 11.4. The standard InChI is InChI=1S/C17H12F3NO2/c18-17(19,20)23-14-7-1-4-12(10-14)11-22-15-8-2-5-13-6-3-9-21-16(13)15/h1-10H,11H2. The molecular weight excluding hydrogens is 307 g/mol. The van der Waals surface area contributed by atoms with E-state index in [-0.39, 0.29) is 12.4 Å². The molecule has 0 saturated carbocycles. The molecule has 0 amide bonds. The first kappa shape index (κ1) is 15.1. The Morgan fingerprint density at radius 2 is 1.74 bits per heavy atom. The molecule has 0 fully saturated rings.